The Labute approximate surface area is 125 Å². The second-order valence-corrected chi connectivity index (χ2v) is 5.26. The number of urea groups is 1. The summed E-state index contributed by atoms with van der Waals surface area (Å²) in [7, 11) is 0. The average molecular weight is 294 g/mol. The second-order valence-electron chi connectivity index (χ2n) is 5.26. The summed E-state index contributed by atoms with van der Waals surface area (Å²) in [6, 6.07) is 5.01. The Morgan fingerprint density at radius 3 is 2.67 bits per heavy atom. The molecule has 2 amide bonds. The molecule has 1 aromatic heterocycles. The number of piperazine rings is 1. The van der Waals surface area contributed by atoms with Gasteiger partial charge in [0.2, 0.25) is 5.95 Å². The summed E-state index contributed by atoms with van der Waals surface area (Å²) in [5, 5.41) is 0. The molecule has 1 aromatic rings. The molecule has 0 bridgehead atoms. The molecule has 0 aliphatic carbocycles. The monoisotopic (exact) mass is 294 g/mol. The second kappa shape index (κ2) is 6.74. The summed E-state index contributed by atoms with van der Waals surface area (Å²) in [6.45, 7) is 9.38. The van der Waals surface area contributed by atoms with Crippen LogP contribution in [0.3, 0.4) is 0 Å². The van der Waals surface area contributed by atoms with E-state index >= 15 is 0 Å². The van der Waals surface area contributed by atoms with Crippen LogP contribution in [0.4, 0.5) is 15.0 Å². The minimum absolute atomic E-state index is 0.0821. The molecule has 1 atom stereocenters. The van der Waals surface area contributed by atoms with Crippen molar-refractivity contribution in [2.75, 3.05) is 37.6 Å². The first-order valence-electron chi connectivity index (χ1n) is 7.49. The number of anilines is 1. The Morgan fingerprint density at radius 2 is 2.10 bits per heavy atom. The van der Waals surface area contributed by atoms with E-state index in [1.807, 2.05) is 30.6 Å². The van der Waals surface area contributed by atoms with Crippen LogP contribution in [0, 0.1) is 5.95 Å². The zero-order valence-electron chi connectivity index (χ0n) is 12.9. The number of halogens is 1. The first-order chi connectivity index (χ1) is 10.1. The van der Waals surface area contributed by atoms with Crippen LogP contribution in [0.15, 0.2) is 18.2 Å². The third-order valence-electron chi connectivity index (χ3n) is 3.93. The quantitative estimate of drug-likeness (QED) is 0.802. The number of pyridine rings is 1. The van der Waals surface area contributed by atoms with Crippen LogP contribution in [-0.4, -0.2) is 59.6 Å². The van der Waals surface area contributed by atoms with Crippen molar-refractivity contribution in [3.8, 4) is 0 Å². The molecular formula is C15H23FN4O. The molecular weight excluding hydrogens is 271 g/mol. The lowest BCUT2D eigenvalue weighted by molar-refractivity contribution is 0.148. The Kier molecular flexibility index (Phi) is 4.98. The highest BCUT2D eigenvalue weighted by Gasteiger charge is 2.29. The number of carbonyl (C=O) groups is 1. The average Bonchev–Trinajstić information content (AvgIpc) is 2.48. The maximum atomic E-state index is 13.2. The number of hydrogen-bond donors (Lipinski definition) is 0. The van der Waals surface area contributed by atoms with Crippen molar-refractivity contribution in [3.05, 3.63) is 24.1 Å². The highest BCUT2D eigenvalue weighted by atomic mass is 19.1. The number of amides is 2. The molecule has 1 aliphatic heterocycles. The predicted molar refractivity (Wildman–Crippen MR) is 80.9 cm³/mol. The maximum Gasteiger partial charge on any atom is 0.320 e. The summed E-state index contributed by atoms with van der Waals surface area (Å²) in [5.41, 5.74) is 0. The molecule has 2 heterocycles. The molecule has 116 valence electrons. The van der Waals surface area contributed by atoms with E-state index in [0.29, 0.717) is 25.5 Å². The van der Waals surface area contributed by atoms with Crippen molar-refractivity contribution in [2.45, 2.75) is 26.8 Å². The van der Waals surface area contributed by atoms with Gasteiger partial charge in [0.15, 0.2) is 0 Å². The Balaban J connectivity index is 2.04. The highest BCUT2D eigenvalue weighted by molar-refractivity contribution is 5.74. The molecule has 6 heteroatoms. The molecule has 1 saturated heterocycles. The van der Waals surface area contributed by atoms with Crippen LogP contribution in [0.5, 0.6) is 0 Å². The van der Waals surface area contributed by atoms with Crippen molar-refractivity contribution in [1.29, 1.82) is 0 Å². The topological polar surface area (TPSA) is 39.7 Å². The van der Waals surface area contributed by atoms with Crippen LogP contribution < -0.4 is 4.90 Å². The first-order valence-corrected chi connectivity index (χ1v) is 7.49. The fourth-order valence-electron chi connectivity index (χ4n) is 2.72. The van der Waals surface area contributed by atoms with Gasteiger partial charge in [-0.2, -0.15) is 4.39 Å². The van der Waals surface area contributed by atoms with E-state index in [-0.39, 0.29) is 12.1 Å². The van der Waals surface area contributed by atoms with E-state index in [1.165, 1.54) is 6.07 Å². The van der Waals surface area contributed by atoms with Gasteiger partial charge in [-0.1, -0.05) is 6.07 Å². The van der Waals surface area contributed by atoms with Crippen LogP contribution in [0.2, 0.25) is 0 Å². The minimum Gasteiger partial charge on any atom is -0.350 e. The lowest BCUT2D eigenvalue weighted by Gasteiger charge is -2.41. The smallest absolute Gasteiger partial charge is 0.320 e. The molecule has 0 saturated carbocycles. The van der Waals surface area contributed by atoms with Crippen molar-refractivity contribution < 1.29 is 9.18 Å². The molecule has 0 spiro atoms. The van der Waals surface area contributed by atoms with Crippen molar-refractivity contribution in [2.24, 2.45) is 0 Å². The first kappa shape index (κ1) is 15.5. The third kappa shape index (κ3) is 3.43. The molecule has 2 rings (SSSR count). The fourth-order valence-corrected chi connectivity index (χ4v) is 2.72. The molecule has 5 nitrogen and oxygen atoms in total. The van der Waals surface area contributed by atoms with E-state index in [0.717, 1.165) is 13.1 Å². The molecule has 21 heavy (non-hydrogen) atoms. The lowest BCUT2D eigenvalue weighted by Crippen LogP contribution is -2.56. The van der Waals surface area contributed by atoms with E-state index in [4.69, 9.17) is 0 Å². The normalized spacial score (nSPS) is 18.8. The summed E-state index contributed by atoms with van der Waals surface area (Å²) < 4.78 is 13.2. The van der Waals surface area contributed by atoms with Crippen molar-refractivity contribution in [3.63, 3.8) is 0 Å². The molecule has 1 aliphatic rings. The van der Waals surface area contributed by atoms with Gasteiger partial charge in [-0.25, -0.2) is 9.78 Å². The van der Waals surface area contributed by atoms with Gasteiger partial charge in [-0.3, -0.25) is 0 Å². The van der Waals surface area contributed by atoms with Gasteiger partial charge in [-0.05, 0) is 32.9 Å². The van der Waals surface area contributed by atoms with Gasteiger partial charge in [0.25, 0.3) is 0 Å². The molecule has 1 unspecified atom stereocenters. The van der Waals surface area contributed by atoms with Gasteiger partial charge in [0.05, 0.1) is 0 Å². The summed E-state index contributed by atoms with van der Waals surface area (Å²) in [6.07, 6.45) is 0. The van der Waals surface area contributed by atoms with Gasteiger partial charge in [-0.15, -0.1) is 0 Å². The van der Waals surface area contributed by atoms with Crippen LogP contribution in [-0.2, 0) is 0 Å². The Morgan fingerprint density at radius 1 is 1.38 bits per heavy atom. The molecule has 0 radical (unpaired) electrons. The number of aromatic nitrogens is 1. The minimum atomic E-state index is -0.471. The summed E-state index contributed by atoms with van der Waals surface area (Å²) >= 11 is 0. The number of hydrogen-bond acceptors (Lipinski definition) is 3. The molecule has 0 aromatic carbocycles. The van der Waals surface area contributed by atoms with E-state index in [1.54, 1.807) is 12.1 Å². The van der Waals surface area contributed by atoms with Crippen LogP contribution in [0.1, 0.15) is 20.8 Å². The zero-order valence-corrected chi connectivity index (χ0v) is 12.9. The molecule has 1 fully saturated rings. The number of nitrogens with zero attached hydrogens (tertiary/aromatic N) is 4. The van der Waals surface area contributed by atoms with Crippen LogP contribution in [0.25, 0.3) is 0 Å². The van der Waals surface area contributed by atoms with E-state index in [2.05, 4.69) is 9.88 Å². The van der Waals surface area contributed by atoms with Gasteiger partial charge in [0.1, 0.15) is 5.82 Å². The Hall–Kier alpha value is -1.85. The highest BCUT2D eigenvalue weighted by Crippen LogP contribution is 2.19. The predicted octanol–water partition coefficient (Wildman–Crippen LogP) is 2.19. The summed E-state index contributed by atoms with van der Waals surface area (Å²) in [4.78, 5) is 22.0. The Bertz CT molecular complexity index is 492. The lowest BCUT2D eigenvalue weighted by atomic mass is 10.2. The summed E-state index contributed by atoms with van der Waals surface area (Å²) in [5.74, 6) is 0.166. The number of rotatable bonds is 3. The van der Waals surface area contributed by atoms with E-state index < -0.39 is 5.95 Å². The van der Waals surface area contributed by atoms with Crippen molar-refractivity contribution >= 4 is 11.8 Å². The maximum absolute atomic E-state index is 13.2. The third-order valence-corrected chi connectivity index (χ3v) is 3.93. The standard InChI is InChI=1S/C15H23FN4O/c1-4-18(5-2)15(21)19-9-10-20(12(3)11-19)14-8-6-7-13(16)17-14/h6-8,12H,4-5,9-11H2,1-3H3. The van der Waals surface area contributed by atoms with Crippen molar-refractivity contribution in [1.82, 2.24) is 14.8 Å². The van der Waals surface area contributed by atoms with Gasteiger partial charge >= 0.3 is 6.03 Å². The largest absolute Gasteiger partial charge is 0.350 e. The van der Waals surface area contributed by atoms with Gasteiger partial charge in [0, 0.05) is 38.8 Å². The van der Waals surface area contributed by atoms with E-state index in [9.17, 15) is 9.18 Å². The SMILES string of the molecule is CCN(CC)C(=O)N1CCN(c2cccc(F)n2)C(C)C1. The van der Waals surface area contributed by atoms with Crippen LogP contribution >= 0.6 is 0 Å². The fraction of sp³-hybridized carbons (Fsp3) is 0.600. The van der Waals surface area contributed by atoms with Gasteiger partial charge < -0.3 is 14.7 Å². The number of carbonyl (C=O) groups excluding carboxylic acids is 1. The molecule has 0 N–H and O–H groups in total. The zero-order chi connectivity index (χ0) is 15.4.